The van der Waals surface area contributed by atoms with E-state index in [1.807, 2.05) is 13.8 Å². The predicted octanol–water partition coefficient (Wildman–Crippen LogP) is -0.127. The molecule has 0 saturated carbocycles. The lowest BCUT2D eigenvalue weighted by Gasteiger charge is -2.24. The fourth-order valence-corrected chi connectivity index (χ4v) is 1.65. The van der Waals surface area contributed by atoms with E-state index < -0.39 is 0 Å². The Bertz CT molecular complexity index is 196. The molecule has 1 rings (SSSR count). The third kappa shape index (κ3) is 2.45. The summed E-state index contributed by atoms with van der Waals surface area (Å²) in [5.41, 5.74) is -0.289. The van der Waals surface area contributed by atoms with Crippen molar-refractivity contribution in [1.29, 1.82) is 0 Å². The summed E-state index contributed by atoms with van der Waals surface area (Å²) >= 11 is 0. The fourth-order valence-electron chi connectivity index (χ4n) is 1.65. The van der Waals surface area contributed by atoms with Crippen LogP contribution in [-0.2, 0) is 4.79 Å². The molecule has 4 heteroatoms. The van der Waals surface area contributed by atoms with Crippen molar-refractivity contribution in [1.82, 2.24) is 10.6 Å². The molecule has 0 radical (unpaired) electrons. The molecule has 1 amide bonds. The van der Waals surface area contributed by atoms with Gasteiger partial charge in [-0.05, 0) is 26.3 Å². The summed E-state index contributed by atoms with van der Waals surface area (Å²) in [6.45, 7) is 5.58. The number of aliphatic hydroxyl groups is 1. The Hall–Kier alpha value is -0.610. The van der Waals surface area contributed by atoms with Gasteiger partial charge in [-0.15, -0.1) is 0 Å². The Morgan fingerprint density at radius 2 is 2.43 bits per heavy atom. The van der Waals surface area contributed by atoms with Crippen LogP contribution in [0.25, 0.3) is 0 Å². The summed E-state index contributed by atoms with van der Waals surface area (Å²) in [4.78, 5) is 11.8. The molecule has 1 unspecified atom stereocenters. The molecule has 82 valence electrons. The molecule has 1 aliphatic rings. The van der Waals surface area contributed by atoms with Crippen molar-refractivity contribution in [3.05, 3.63) is 0 Å². The Morgan fingerprint density at radius 1 is 1.71 bits per heavy atom. The van der Waals surface area contributed by atoms with Crippen LogP contribution >= 0.6 is 0 Å². The van der Waals surface area contributed by atoms with Crippen molar-refractivity contribution < 1.29 is 9.90 Å². The van der Waals surface area contributed by atoms with Crippen LogP contribution in [0.5, 0.6) is 0 Å². The zero-order chi connectivity index (χ0) is 10.6. The average Bonchev–Trinajstić information content (AvgIpc) is 2.62. The van der Waals surface area contributed by atoms with Gasteiger partial charge in [0, 0.05) is 6.54 Å². The standard InChI is InChI=1S/C10H20N2O2/c1-3-8(6-13)12-9(14)10(2)4-5-11-7-10/h8,11,13H,3-7H2,1-2H3,(H,12,14)/t8-,10?/m1/s1. The van der Waals surface area contributed by atoms with E-state index in [1.165, 1.54) is 0 Å². The molecule has 0 aliphatic carbocycles. The minimum absolute atomic E-state index is 0.0196. The SMILES string of the molecule is CC[C@H](CO)NC(=O)C1(C)CCNC1. The molecular formula is C10H20N2O2. The van der Waals surface area contributed by atoms with Gasteiger partial charge in [0.05, 0.1) is 18.1 Å². The first kappa shape index (κ1) is 11.5. The first-order valence-electron chi connectivity index (χ1n) is 5.25. The quantitative estimate of drug-likeness (QED) is 0.592. The summed E-state index contributed by atoms with van der Waals surface area (Å²) in [7, 11) is 0. The van der Waals surface area contributed by atoms with E-state index in [0.717, 1.165) is 25.9 Å². The van der Waals surface area contributed by atoms with E-state index in [4.69, 9.17) is 5.11 Å². The van der Waals surface area contributed by atoms with Crippen LogP contribution in [0, 0.1) is 5.41 Å². The number of carbonyl (C=O) groups excluding carboxylic acids is 1. The van der Waals surface area contributed by atoms with Gasteiger partial charge in [0.2, 0.25) is 5.91 Å². The highest BCUT2D eigenvalue weighted by Gasteiger charge is 2.36. The van der Waals surface area contributed by atoms with Crippen LogP contribution in [0.2, 0.25) is 0 Å². The molecule has 1 aliphatic heterocycles. The highest BCUT2D eigenvalue weighted by Crippen LogP contribution is 2.24. The minimum atomic E-state index is -0.289. The second-order valence-electron chi connectivity index (χ2n) is 4.25. The third-order valence-corrected chi connectivity index (χ3v) is 2.97. The summed E-state index contributed by atoms with van der Waals surface area (Å²) in [6.07, 6.45) is 1.65. The van der Waals surface area contributed by atoms with Crippen molar-refractivity contribution in [2.45, 2.75) is 32.7 Å². The number of nitrogens with one attached hydrogen (secondary N) is 2. The maximum Gasteiger partial charge on any atom is 0.227 e. The Balaban J connectivity index is 2.48. The van der Waals surface area contributed by atoms with Crippen molar-refractivity contribution in [3.8, 4) is 0 Å². The van der Waals surface area contributed by atoms with Gasteiger partial charge in [-0.1, -0.05) is 6.92 Å². The molecule has 1 heterocycles. The van der Waals surface area contributed by atoms with E-state index in [1.54, 1.807) is 0 Å². The Kier molecular flexibility index (Phi) is 3.89. The summed E-state index contributed by atoms with van der Waals surface area (Å²) < 4.78 is 0. The van der Waals surface area contributed by atoms with Crippen LogP contribution in [-0.4, -0.2) is 36.8 Å². The maximum atomic E-state index is 11.8. The van der Waals surface area contributed by atoms with Crippen LogP contribution in [0.3, 0.4) is 0 Å². The lowest BCUT2D eigenvalue weighted by Crippen LogP contribution is -2.46. The normalized spacial score (nSPS) is 28.8. The molecule has 0 aromatic carbocycles. The molecule has 4 nitrogen and oxygen atoms in total. The Labute approximate surface area is 85.1 Å². The second-order valence-corrected chi connectivity index (χ2v) is 4.25. The van der Waals surface area contributed by atoms with Crippen molar-refractivity contribution >= 4 is 5.91 Å². The van der Waals surface area contributed by atoms with Crippen molar-refractivity contribution in [2.24, 2.45) is 5.41 Å². The Morgan fingerprint density at radius 3 is 2.86 bits per heavy atom. The average molecular weight is 200 g/mol. The summed E-state index contributed by atoms with van der Waals surface area (Å²) in [5.74, 6) is 0.0587. The zero-order valence-electron chi connectivity index (χ0n) is 8.97. The number of hydrogen-bond acceptors (Lipinski definition) is 3. The molecule has 0 aromatic rings. The number of aliphatic hydroxyl groups excluding tert-OH is 1. The summed E-state index contributed by atoms with van der Waals surface area (Å²) in [5, 5.41) is 15.0. The van der Waals surface area contributed by atoms with Gasteiger partial charge in [-0.2, -0.15) is 0 Å². The van der Waals surface area contributed by atoms with Crippen LogP contribution in [0.15, 0.2) is 0 Å². The van der Waals surface area contributed by atoms with Gasteiger partial charge in [-0.3, -0.25) is 4.79 Å². The van der Waals surface area contributed by atoms with Gasteiger partial charge < -0.3 is 15.7 Å². The largest absolute Gasteiger partial charge is 0.394 e. The summed E-state index contributed by atoms with van der Waals surface area (Å²) in [6, 6.07) is -0.0973. The predicted molar refractivity (Wildman–Crippen MR) is 54.9 cm³/mol. The molecule has 0 bridgehead atoms. The molecular weight excluding hydrogens is 180 g/mol. The van der Waals surface area contributed by atoms with E-state index in [2.05, 4.69) is 10.6 Å². The molecule has 1 fully saturated rings. The minimum Gasteiger partial charge on any atom is -0.394 e. The van der Waals surface area contributed by atoms with E-state index in [-0.39, 0.29) is 24.0 Å². The number of hydrogen-bond donors (Lipinski definition) is 3. The van der Waals surface area contributed by atoms with Gasteiger partial charge >= 0.3 is 0 Å². The smallest absolute Gasteiger partial charge is 0.227 e. The molecule has 2 atom stereocenters. The highest BCUT2D eigenvalue weighted by atomic mass is 16.3. The van der Waals surface area contributed by atoms with Crippen LogP contribution < -0.4 is 10.6 Å². The van der Waals surface area contributed by atoms with Crippen molar-refractivity contribution in [3.63, 3.8) is 0 Å². The molecule has 3 N–H and O–H groups in total. The fraction of sp³-hybridized carbons (Fsp3) is 0.900. The first-order chi connectivity index (χ1) is 6.62. The second kappa shape index (κ2) is 4.75. The lowest BCUT2D eigenvalue weighted by molar-refractivity contribution is -0.130. The monoisotopic (exact) mass is 200 g/mol. The number of carbonyl (C=O) groups is 1. The third-order valence-electron chi connectivity index (χ3n) is 2.97. The number of amides is 1. The van der Waals surface area contributed by atoms with E-state index >= 15 is 0 Å². The topological polar surface area (TPSA) is 61.4 Å². The molecule has 14 heavy (non-hydrogen) atoms. The molecule has 1 saturated heterocycles. The zero-order valence-corrected chi connectivity index (χ0v) is 8.97. The van der Waals surface area contributed by atoms with Crippen LogP contribution in [0.4, 0.5) is 0 Å². The van der Waals surface area contributed by atoms with Gasteiger partial charge in [0.1, 0.15) is 0 Å². The van der Waals surface area contributed by atoms with Crippen molar-refractivity contribution in [2.75, 3.05) is 19.7 Å². The first-order valence-corrected chi connectivity index (χ1v) is 5.25. The van der Waals surface area contributed by atoms with Gasteiger partial charge in [-0.25, -0.2) is 0 Å². The molecule has 0 aromatic heterocycles. The maximum absolute atomic E-state index is 11.8. The number of rotatable bonds is 4. The molecule has 0 spiro atoms. The lowest BCUT2D eigenvalue weighted by atomic mass is 9.88. The highest BCUT2D eigenvalue weighted by molar-refractivity contribution is 5.83. The van der Waals surface area contributed by atoms with Crippen LogP contribution in [0.1, 0.15) is 26.7 Å². The van der Waals surface area contributed by atoms with E-state index in [0.29, 0.717) is 0 Å². The van der Waals surface area contributed by atoms with E-state index in [9.17, 15) is 4.79 Å². The van der Waals surface area contributed by atoms with Gasteiger partial charge in [0.15, 0.2) is 0 Å². The van der Waals surface area contributed by atoms with Gasteiger partial charge in [0.25, 0.3) is 0 Å².